The van der Waals surface area contributed by atoms with Crippen molar-refractivity contribution in [3.05, 3.63) is 64.8 Å². The van der Waals surface area contributed by atoms with Gasteiger partial charge in [-0.25, -0.2) is 4.39 Å². The maximum atomic E-state index is 13.2. The van der Waals surface area contributed by atoms with Gasteiger partial charge < -0.3 is 15.4 Å². The minimum atomic E-state index is -0.459. The van der Waals surface area contributed by atoms with Crippen LogP contribution < -0.4 is 15.4 Å². The number of hydrogen-bond acceptors (Lipinski definition) is 6. The summed E-state index contributed by atoms with van der Waals surface area (Å²) in [5.74, 6) is 0.952. The molecule has 0 spiro atoms. The Morgan fingerprint density at radius 3 is 2.67 bits per heavy atom. The van der Waals surface area contributed by atoms with E-state index in [0.29, 0.717) is 23.3 Å². The number of allylic oxidation sites excluding steroid dienone is 1. The van der Waals surface area contributed by atoms with E-state index in [2.05, 4.69) is 20.0 Å². The van der Waals surface area contributed by atoms with Gasteiger partial charge in [0.1, 0.15) is 11.6 Å². The van der Waals surface area contributed by atoms with Crippen molar-refractivity contribution in [2.75, 3.05) is 17.2 Å². The number of nitrogens with zero attached hydrogens (tertiary/aromatic N) is 2. The topological polar surface area (TPSA) is 59.1 Å². The van der Waals surface area contributed by atoms with Crippen molar-refractivity contribution in [2.24, 2.45) is 0 Å². The van der Waals surface area contributed by atoms with Gasteiger partial charge >= 0.3 is 0 Å². The van der Waals surface area contributed by atoms with E-state index in [1.165, 1.54) is 23.7 Å². The van der Waals surface area contributed by atoms with Crippen LogP contribution in [0.3, 0.4) is 0 Å². The van der Waals surface area contributed by atoms with Crippen LogP contribution in [0.25, 0.3) is 6.08 Å². The van der Waals surface area contributed by atoms with Crippen LogP contribution in [0.2, 0.25) is 5.02 Å². The predicted octanol–water partition coefficient (Wildman–Crippen LogP) is 5.95. The fourth-order valence-electron chi connectivity index (χ4n) is 2.30. The van der Waals surface area contributed by atoms with Gasteiger partial charge in [0.05, 0.1) is 11.6 Å². The van der Waals surface area contributed by atoms with Crippen LogP contribution in [0.15, 0.2) is 48.2 Å². The molecule has 0 aliphatic heterocycles. The minimum Gasteiger partial charge on any atom is -0.494 e. The molecule has 3 aromatic rings. The fraction of sp³-hybridized carbons (Fsp3) is 0.158. The molecule has 0 aliphatic rings. The van der Waals surface area contributed by atoms with E-state index in [1.807, 2.05) is 44.2 Å². The minimum absolute atomic E-state index is 0.0556. The number of halogens is 2. The molecule has 1 heterocycles. The van der Waals surface area contributed by atoms with Crippen molar-refractivity contribution in [1.82, 2.24) is 9.36 Å². The Labute approximate surface area is 166 Å². The van der Waals surface area contributed by atoms with Crippen molar-refractivity contribution in [3.8, 4) is 5.75 Å². The third kappa shape index (κ3) is 5.42. The molecule has 1 aromatic heterocycles. The van der Waals surface area contributed by atoms with E-state index in [4.69, 9.17) is 16.3 Å². The maximum absolute atomic E-state index is 13.2. The number of benzene rings is 2. The molecule has 2 aromatic carbocycles. The van der Waals surface area contributed by atoms with Gasteiger partial charge in [0.25, 0.3) is 0 Å². The fourth-order valence-corrected chi connectivity index (χ4v) is 3.05. The molecule has 0 aliphatic carbocycles. The highest BCUT2D eigenvalue weighted by molar-refractivity contribution is 7.09. The Balaban J connectivity index is 1.63. The molecular weight excluding hydrogens is 387 g/mol. The quantitative estimate of drug-likeness (QED) is 0.509. The Hall–Kier alpha value is -2.64. The van der Waals surface area contributed by atoms with Crippen molar-refractivity contribution in [1.29, 1.82) is 0 Å². The van der Waals surface area contributed by atoms with Crippen molar-refractivity contribution in [2.45, 2.75) is 13.8 Å². The predicted molar refractivity (Wildman–Crippen MR) is 109 cm³/mol. The molecule has 8 heteroatoms. The highest BCUT2D eigenvalue weighted by Gasteiger charge is 2.06. The highest BCUT2D eigenvalue weighted by atomic mass is 35.5. The normalized spacial score (nSPS) is 11.3. The van der Waals surface area contributed by atoms with Crippen LogP contribution >= 0.6 is 23.1 Å². The molecule has 0 bridgehead atoms. The lowest BCUT2D eigenvalue weighted by atomic mass is 10.3. The van der Waals surface area contributed by atoms with Gasteiger partial charge in [-0.1, -0.05) is 11.6 Å². The molecule has 5 nitrogen and oxygen atoms in total. The number of anilines is 3. The summed E-state index contributed by atoms with van der Waals surface area (Å²) >= 11 is 7.00. The molecule has 0 saturated heterocycles. The second-order valence-corrected chi connectivity index (χ2v) is 6.78. The standard InChI is InChI=1S/C19H18ClFN4OS/c1-3-26-15-7-4-13(5-8-15)22-12(2)10-18-24-19(27-25-18)23-14-6-9-17(21)16(20)11-14/h4-11,22H,3H2,1-2H3,(H,23,24,25)/b12-10+. The first-order chi connectivity index (χ1) is 13.0. The molecule has 3 rings (SSSR count). The maximum Gasteiger partial charge on any atom is 0.207 e. The molecule has 0 atom stereocenters. The van der Waals surface area contributed by atoms with Crippen molar-refractivity contribution < 1.29 is 9.13 Å². The van der Waals surface area contributed by atoms with Gasteiger partial charge in [-0.15, -0.1) is 0 Å². The van der Waals surface area contributed by atoms with E-state index in [0.717, 1.165) is 17.1 Å². The van der Waals surface area contributed by atoms with Crippen LogP contribution in [-0.4, -0.2) is 16.0 Å². The van der Waals surface area contributed by atoms with Gasteiger partial charge in [0.2, 0.25) is 5.13 Å². The first-order valence-corrected chi connectivity index (χ1v) is 9.42. The lowest BCUT2D eigenvalue weighted by molar-refractivity contribution is 0.340. The van der Waals surface area contributed by atoms with Gasteiger partial charge in [0, 0.05) is 34.7 Å². The summed E-state index contributed by atoms with van der Waals surface area (Å²) in [6.45, 7) is 4.53. The van der Waals surface area contributed by atoms with E-state index in [-0.39, 0.29) is 5.02 Å². The summed E-state index contributed by atoms with van der Waals surface area (Å²) < 4.78 is 22.9. The largest absolute Gasteiger partial charge is 0.494 e. The Morgan fingerprint density at radius 1 is 1.22 bits per heavy atom. The number of aromatic nitrogens is 2. The third-order valence-corrected chi connectivity index (χ3v) is 4.40. The van der Waals surface area contributed by atoms with Crippen molar-refractivity contribution in [3.63, 3.8) is 0 Å². The SMILES string of the molecule is CCOc1ccc(N/C(C)=C/c2nsc(Nc3ccc(F)c(Cl)c3)n2)cc1. The number of hydrogen-bond donors (Lipinski definition) is 2. The lowest BCUT2D eigenvalue weighted by Gasteiger charge is -2.07. The second kappa shape index (κ2) is 8.83. The molecule has 0 unspecified atom stereocenters. The van der Waals surface area contributed by atoms with E-state index >= 15 is 0 Å². The summed E-state index contributed by atoms with van der Waals surface area (Å²) in [4.78, 5) is 4.40. The number of rotatable bonds is 7. The van der Waals surface area contributed by atoms with Gasteiger partial charge in [-0.2, -0.15) is 9.36 Å². The van der Waals surface area contributed by atoms with Gasteiger partial charge in [-0.3, -0.25) is 0 Å². The van der Waals surface area contributed by atoms with E-state index in [9.17, 15) is 4.39 Å². The average molecular weight is 405 g/mol. The number of nitrogens with one attached hydrogen (secondary N) is 2. The smallest absolute Gasteiger partial charge is 0.207 e. The number of ether oxygens (including phenoxy) is 1. The molecule has 0 amide bonds. The molecular formula is C19H18ClFN4OS. The Bertz CT molecular complexity index is 943. The summed E-state index contributed by atoms with van der Waals surface area (Å²) in [5, 5.41) is 7.00. The van der Waals surface area contributed by atoms with E-state index in [1.54, 1.807) is 6.07 Å². The lowest BCUT2D eigenvalue weighted by Crippen LogP contribution is -1.97. The van der Waals surface area contributed by atoms with Crippen LogP contribution in [0.5, 0.6) is 5.75 Å². The summed E-state index contributed by atoms with van der Waals surface area (Å²) in [7, 11) is 0. The van der Waals surface area contributed by atoms with E-state index < -0.39 is 5.82 Å². The molecule has 0 saturated carbocycles. The van der Waals surface area contributed by atoms with Crippen LogP contribution in [0.4, 0.5) is 20.9 Å². The zero-order valence-electron chi connectivity index (χ0n) is 14.8. The molecule has 0 fully saturated rings. The molecule has 2 N–H and O–H groups in total. The first-order valence-electron chi connectivity index (χ1n) is 8.27. The average Bonchev–Trinajstić information content (AvgIpc) is 3.07. The first kappa shape index (κ1) is 19.1. The summed E-state index contributed by atoms with van der Waals surface area (Å²) in [6.07, 6.45) is 1.84. The molecule has 27 heavy (non-hydrogen) atoms. The Kier molecular flexibility index (Phi) is 6.26. The monoisotopic (exact) mass is 404 g/mol. The zero-order valence-corrected chi connectivity index (χ0v) is 16.4. The van der Waals surface area contributed by atoms with Gasteiger partial charge in [0.15, 0.2) is 5.82 Å². The zero-order chi connectivity index (χ0) is 19.2. The summed E-state index contributed by atoms with van der Waals surface area (Å²) in [6, 6.07) is 12.1. The Morgan fingerprint density at radius 2 is 1.96 bits per heavy atom. The summed E-state index contributed by atoms with van der Waals surface area (Å²) in [5.41, 5.74) is 2.49. The van der Waals surface area contributed by atoms with Gasteiger partial charge in [-0.05, 0) is 56.3 Å². The van der Waals surface area contributed by atoms with Crippen LogP contribution in [0.1, 0.15) is 19.7 Å². The third-order valence-electron chi connectivity index (χ3n) is 3.47. The second-order valence-electron chi connectivity index (χ2n) is 5.62. The molecule has 0 radical (unpaired) electrons. The van der Waals surface area contributed by atoms with Crippen LogP contribution in [0, 0.1) is 5.82 Å². The van der Waals surface area contributed by atoms with Crippen LogP contribution in [-0.2, 0) is 0 Å². The molecule has 140 valence electrons. The van der Waals surface area contributed by atoms with Crippen molar-refractivity contribution >= 4 is 45.7 Å². The highest BCUT2D eigenvalue weighted by Crippen LogP contribution is 2.24.